The van der Waals surface area contributed by atoms with Crippen LogP contribution < -0.4 is 5.32 Å². The summed E-state index contributed by atoms with van der Waals surface area (Å²) in [6.07, 6.45) is 6.15. The van der Waals surface area contributed by atoms with Crippen molar-refractivity contribution >= 4 is 11.8 Å². The van der Waals surface area contributed by atoms with Gasteiger partial charge in [0.1, 0.15) is 0 Å². The van der Waals surface area contributed by atoms with Crippen molar-refractivity contribution in [2.45, 2.75) is 25.3 Å². The predicted octanol–water partition coefficient (Wildman–Crippen LogP) is 1.44. The van der Waals surface area contributed by atoms with E-state index in [0.29, 0.717) is 6.04 Å². The van der Waals surface area contributed by atoms with E-state index in [4.69, 9.17) is 4.74 Å². The van der Waals surface area contributed by atoms with Gasteiger partial charge in [-0.25, -0.2) is 0 Å². The summed E-state index contributed by atoms with van der Waals surface area (Å²) in [4.78, 5) is 2.54. The largest absolute Gasteiger partial charge is 0.383 e. The van der Waals surface area contributed by atoms with Gasteiger partial charge in [-0.1, -0.05) is 0 Å². The third-order valence-electron chi connectivity index (χ3n) is 3.08. The molecule has 0 aliphatic carbocycles. The fraction of sp³-hybridized carbons (Fsp3) is 1.00. The number of nitrogens with one attached hydrogen (secondary N) is 1. The number of hydrogen-bond acceptors (Lipinski definition) is 4. The van der Waals surface area contributed by atoms with Gasteiger partial charge in [0.15, 0.2) is 0 Å². The van der Waals surface area contributed by atoms with Crippen LogP contribution in [0.15, 0.2) is 0 Å². The maximum atomic E-state index is 5.18. The fourth-order valence-electron chi connectivity index (χ4n) is 2.17. The molecule has 0 aromatic rings. The summed E-state index contributed by atoms with van der Waals surface area (Å²) < 4.78 is 5.18. The van der Waals surface area contributed by atoms with Gasteiger partial charge in [-0.3, -0.25) is 4.90 Å². The standard InChI is InChI=1S/C12H26N2OS/c1-15-9-8-14(7-4-10-16-2)11-12-5-3-6-13-12/h12-13H,3-11H2,1-2H3. The summed E-state index contributed by atoms with van der Waals surface area (Å²) >= 11 is 1.94. The van der Waals surface area contributed by atoms with Gasteiger partial charge in [-0.2, -0.15) is 11.8 Å². The molecule has 16 heavy (non-hydrogen) atoms. The lowest BCUT2D eigenvalue weighted by atomic mass is 10.2. The average molecular weight is 246 g/mol. The van der Waals surface area contributed by atoms with Crippen LogP contribution in [0.3, 0.4) is 0 Å². The summed E-state index contributed by atoms with van der Waals surface area (Å²) in [5, 5.41) is 3.57. The Balaban J connectivity index is 2.18. The third kappa shape index (κ3) is 6.09. The van der Waals surface area contributed by atoms with Crippen molar-refractivity contribution in [1.29, 1.82) is 0 Å². The van der Waals surface area contributed by atoms with Gasteiger partial charge in [-0.05, 0) is 44.4 Å². The zero-order valence-corrected chi connectivity index (χ0v) is 11.5. The first-order valence-corrected chi connectivity index (χ1v) is 7.70. The van der Waals surface area contributed by atoms with Crippen molar-refractivity contribution in [2.75, 3.05) is 51.9 Å². The molecule has 1 N–H and O–H groups in total. The Morgan fingerprint density at radius 3 is 2.94 bits per heavy atom. The molecule has 0 spiro atoms. The van der Waals surface area contributed by atoms with E-state index in [1.165, 1.54) is 44.6 Å². The topological polar surface area (TPSA) is 24.5 Å². The lowest BCUT2D eigenvalue weighted by Gasteiger charge is -2.25. The van der Waals surface area contributed by atoms with Crippen LogP contribution >= 0.6 is 11.8 Å². The van der Waals surface area contributed by atoms with E-state index >= 15 is 0 Å². The smallest absolute Gasteiger partial charge is 0.0589 e. The Labute approximate surface area is 104 Å². The molecule has 1 fully saturated rings. The Bertz CT molecular complexity index is 163. The van der Waals surface area contributed by atoms with Crippen molar-refractivity contribution < 1.29 is 4.74 Å². The van der Waals surface area contributed by atoms with Crippen molar-refractivity contribution in [3.63, 3.8) is 0 Å². The number of methoxy groups -OCH3 is 1. The Kier molecular flexibility index (Phi) is 8.29. The van der Waals surface area contributed by atoms with E-state index in [-0.39, 0.29) is 0 Å². The summed E-state index contributed by atoms with van der Waals surface area (Å²) in [5.74, 6) is 1.27. The first-order valence-electron chi connectivity index (χ1n) is 6.30. The quantitative estimate of drug-likeness (QED) is 0.622. The maximum absolute atomic E-state index is 5.18. The molecule has 1 aliphatic heterocycles. The number of thioether (sulfide) groups is 1. The molecule has 1 heterocycles. The lowest BCUT2D eigenvalue weighted by Crippen LogP contribution is -2.39. The minimum atomic E-state index is 0.714. The maximum Gasteiger partial charge on any atom is 0.0589 e. The molecular formula is C12H26N2OS. The van der Waals surface area contributed by atoms with Crippen LogP contribution in [-0.2, 0) is 4.74 Å². The second-order valence-corrected chi connectivity index (χ2v) is 5.42. The molecule has 0 aromatic heterocycles. The second-order valence-electron chi connectivity index (χ2n) is 4.43. The van der Waals surface area contributed by atoms with Crippen molar-refractivity contribution in [1.82, 2.24) is 10.2 Å². The van der Waals surface area contributed by atoms with Crippen molar-refractivity contribution in [2.24, 2.45) is 0 Å². The monoisotopic (exact) mass is 246 g/mol. The summed E-state index contributed by atoms with van der Waals surface area (Å²) in [5.41, 5.74) is 0. The van der Waals surface area contributed by atoms with Crippen LogP contribution in [0.5, 0.6) is 0 Å². The molecule has 3 nitrogen and oxygen atoms in total. The van der Waals surface area contributed by atoms with E-state index < -0.39 is 0 Å². The Morgan fingerprint density at radius 2 is 2.31 bits per heavy atom. The molecule has 1 atom stereocenters. The van der Waals surface area contributed by atoms with Gasteiger partial charge in [0.2, 0.25) is 0 Å². The van der Waals surface area contributed by atoms with Crippen LogP contribution in [0, 0.1) is 0 Å². The number of hydrogen-bond donors (Lipinski definition) is 1. The first-order chi connectivity index (χ1) is 7.86. The SMILES string of the molecule is COCCN(CCCSC)CC1CCCN1. The Hall–Kier alpha value is 0.230. The van der Waals surface area contributed by atoms with Gasteiger partial charge in [-0.15, -0.1) is 0 Å². The fourth-order valence-corrected chi connectivity index (χ4v) is 2.59. The molecule has 0 amide bonds. The van der Waals surface area contributed by atoms with Crippen molar-refractivity contribution in [3.05, 3.63) is 0 Å². The van der Waals surface area contributed by atoms with Crippen LogP contribution in [0.25, 0.3) is 0 Å². The molecule has 1 rings (SSSR count). The van der Waals surface area contributed by atoms with E-state index in [1.54, 1.807) is 7.11 Å². The van der Waals surface area contributed by atoms with Crippen molar-refractivity contribution in [3.8, 4) is 0 Å². The third-order valence-corrected chi connectivity index (χ3v) is 3.77. The average Bonchev–Trinajstić information content (AvgIpc) is 2.78. The Morgan fingerprint density at radius 1 is 1.44 bits per heavy atom. The molecule has 0 saturated carbocycles. The summed E-state index contributed by atoms with van der Waals surface area (Å²) in [6.45, 7) is 5.53. The van der Waals surface area contributed by atoms with Crippen LogP contribution in [0.1, 0.15) is 19.3 Å². The highest BCUT2D eigenvalue weighted by atomic mass is 32.2. The summed E-state index contributed by atoms with van der Waals surface area (Å²) in [7, 11) is 1.79. The number of ether oxygens (including phenoxy) is 1. The van der Waals surface area contributed by atoms with Gasteiger partial charge in [0, 0.05) is 26.2 Å². The number of rotatable bonds is 9. The molecule has 96 valence electrons. The lowest BCUT2D eigenvalue weighted by molar-refractivity contribution is 0.142. The molecule has 1 saturated heterocycles. The van der Waals surface area contributed by atoms with E-state index in [0.717, 1.165) is 13.2 Å². The minimum Gasteiger partial charge on any atom is -0.383 e. The molecular weight excluding hydrogens is 220 g/mol. The zero-order valence-electron chi connectivity index (χ0n) is 10.7. The highest BCUT2D eigenvalue weighted by Gasteiger charge is 2.17. The van der Waals surface area contributed by atoms with Crippen LogP contribution in [-0.4, -0.2) is 62.8 Å². The van der Waals surface area contributed by atoms with Gasteiger partial charge < -0.3 is 10.1 Å². The molecule has 0 aromatic carbocycles. The van der Waals surface area contributed by atoms with Gasteiger partial charge in [0.05, 0.1) is 6.61 Å². The molecule has 1 unspecified atom stereocenters. The molecule has 0 bridgehead atoms. The van der Waals surface area contributed by atoms with Crippen LogP contribution in [0.2, 0.25) is 0 Å². The summed E-state index contributed by atoms with van der Waals surface area (Å²) in [6, 6.07) is 0.714. The molecule has 0 radical (unpaired) electrons. The van der Waals surface area contributed by atoms with E-state index in [1.807, 2.05) is 11.8 Å². The highest BCUT2D eigenvalue weighted by Crippen LogP contribution is 2.08. The molecule has 4 heteroatoms. The van der Waals surface area contributed by atoms with E-state index in [9.17, 15) is 0 Å². The second kappa shape index (κ2) is 9.28. The van der Waals surface area contributed by atoms with Gasteiger partial charge in [0.25, 0.3) is 0 Å². The van der Waals surface area contributed by atoms with Gasteiger partial charge >= 0.3 is 0 Å². The minimum absolute atomic E-state index is 0.714. The first kappa shape index (κ1) is 14.3. The van der Waals surface area contributed by atoms with E-state index in [2.05, 4.69) is 16.5 Å². The normalized spacial score (nSPS) is 20.8. The molecule has 1 aliphatic rings. The van der Waals surface area contributed by atoms with Crippen LogP contribution in [0.4, 0.5) is 0 Å². The predicted molar refractivity (Wildman–Crippen MR) is 72.3 cm³/mol. The zero-order chi connectivity index (χ0) is 11.6. The highest BCUT2D eigenvalue weighted by molar-refractivity contribution is 7.98. The number of nitrogens with zero attached hydrogens (tertiary/aromatic N) is 1.